The second kappa shape index (κ2) is 7.05. The molecule has 0 heterocycles. The Bertz CT molecular complexity index is 485. The average molecular weight is 264 g/mol. The summed E-state index contributed by atoms with van der Waals surface area (Å²) >= 11 is 0. The van der Waals surface area contributed by atoms with Gasteiger partial charge in [-0.1, -0.05) is 12.1 Å². The number of benzene rings is 1. The van der Waals surface area contributed by atoms with Gasteiger partial charge >= 0.3 is 12.0 Å². The number of nitrogens with one attached hydrogen (secondary N) is 2. The lowest BCUT2D eigenvalue weighted by Gasteiger charge is -2.08. The van der Waals surface area contributed by atoms with Gasteiger partial charge < -0.3 is 20.5 Å². The van der Waals surface area contributed by atoms with E-state index in [2.05, 4.69) is 10.6 Å². The van der Waals surface area contributed by atoms with Crippen molar-refractivity contribution in [1.82, 2.24) is 10.6 Å². The summed E-state index contributed by atoms with van der Waals surface area (Å²) in [6.45, 7) is 1.38. The topological polar surface area (TPSA) is 87.7 Å². The van der Waals surface area contributed by atoms with E-state index in [-0.39, 0.29) is 0 Å². The molecule has 0 aromatic heterocycles. The Morgan fingerprint density at radius 3 is 2.79 bits per heavy atom. The lowest BCUT2D eigenvalue weighted by atomic mass is 10.2. The van der Waals surface area contributed by atoms with Crippen molar-refractivity contribution in [3.8, 4) is 5.75 Å². The van der Waals surface area contributed by atoms with Crippen molar-refractivity contribution in [2.45, 2.75) is 13.0 Å². The minimum atomic E-state index is -1.09. The lowest BCUT2D eigenvalue weighted by Crippen LogP contribution is -2.42. The number of urea groups is 1. The Balaban J connectivity index is 2.49. The summed E-state index contributed by atoms with van der Waals surface area (Å²) < 4.78 is 5.06. The van der Waals surface area contributed by atoms with Crippen LogP contribution in [0.15, 0.2) is 30.5 Å². The highest BCUT2D eigenvalue weighted by atomic mass is 16.5. The molecule has 6 nitrogen and oxygen atoms in total. The SMILES string of the molecule is COc1cccc(/C=C/NC(=O)NC(C)C(=O)O)c1. The van der Waals surface area contributed by atoms with Crippen molar-refractivity contribution in [3.05, 3.63) is 36.0 Å². The smallest absolute Gasteiger partial charge is 0.325 e. The van der Waals surface area contributed by atoms with Gasteiger partial charge in [0.25, 0.3) is 0 Å². The summed E-state index contributed by atoms with van der Waals surface area (Å²) in [5.41, 5.74) is 0.853. The predicted molar refractivity (Wildman–Crippen MR) is 70.8 cm³/mol. The predicted octanol–water partition coefficient (Wildman–Crippen LogP) is 1.44. The van der Waals surface area contributed by atoms with Gasteiger partial charge in [0.05, 0.1) is 7.11 Å². The van der Waals surface area contributed by atoms with Gasteiger partial charge in [-0.05, 0) is 30.7 Å². The number of hydrogen-bond donors (Lipinski definition) is 3. The first kappa shape index (κ1) is 14.6. The van der Waals surface area contributed by atoms with Crippen molar-refractivity contribution in [3.63, 3.8) is 0 Å². The van der Waals surface area contributed by atoms with Crippen molar-refractivity contribution >= 4 is 18.1 Å². The van der Waals surface area contributed by atoms with E-state index in [1.165, 1.54) is 13.1 Å². The van der Waals surface area contributed by atoms with Crippen LogP contribution in [0.4, 0.5) is 4.79 Å². The first-order valence-electron chi connectivity index (χ1n) is 5.63. The minimum absolute atomic E-state index is 0.575. The molecule has 0 aliphatic heterocycles. The Morgan fingerprint density at radius 1 is 1.42 bits per heavy atom. The molecule has 6 heteroatoms. The molecular weight excluding hydrogens is 248 g/mol. The Labute approximate surface area is 111 Å². The molecular formula is C13H16N2O4. The third-order valence-electron chi connectivity index (χ3n) is 2.30. The van der Waals surface area contributed by atoms with Crippen LogP contribution in [0.5, 0.6) is 5.75 Å². The number of carboxylic acids is 1. The molecule has 19 heavy (non-hydrogen) atoms. The number of carbonyl (C=O) groups is 2. The van der Waals surface area contributed by atoms with Gasteiger partial charge in [0.2, 0.25) is 0 Å². The zero-order valence-electron chi connectivity index (χ0n) is 10.7. The average Bonchev–Trinajstić information content (AvgIpc) is 2.38. The summed E-state index contributed by atoms with van der Waals surface area (Å²) in [4.78, 5) is 21.8. The van der Waals surface area contributed by atoms with Gasteiger partial charge in [-0.25, -0.2) is 4.79 Å². The van der Waals surface area contributed by atoms with Crippen LogP contribution in [-0.2, 0) is 4.79 Å². The molecule has 0 radical (unpaired) electrons. The van der Waals surface area contributed by atoms with E-state index in [1.807, 2.05) is 18.2 Å². The maximum atomic E-state index is 11.3. The molecule has 1 aromatic carbocycles. The Morgan fingerprint density at radius 2 is 2.16 bits per heavy atom. The molecule has 3 N–H and O–H groups in total. The first-order valence-corrected chi connectivity index (χ1v) is 5.63. The largest absolute Gasteiger partial charge is 0.497 e. The molecule has 0 aliphatic rings. The molecule has 102 valence electrons. The summed E-state index contributed by atoms with van der Waals surface area (Å²) in [6.07, 6.45) is 3.10. The van der Waals surface area contributed by atoms with Gasteiger partial charge in [0, 0.05) is 6.20 Å². The summed E-state index contributed by atoms with van der Waals surface area (Å²) in [5.74, 6) is -0.377. The summed E-state index contributed by atoms with van der Waals surface area (Å²) in [6, 6.07) is 5.77. The maximum Gasteiger partial charge on any atom is 0.325 e. The molecule has 1 aromatic rings. The highest BCUT2D eigenvalue weighted by molar-refractivity contribution is 5.82. The van der Waals surface area contributed by atoms with E-state index in [1.54, 1.807) is 19.3 Å². The van der Waals surface area contributed by atoms with Gasteiger partial charge in [0.15, 0.2) is 0 Å². The standard InChI is InChI=1S/C13H16N2O4/c1-9(12(16)17)15-13(18)14-7-6-10-4-3-5-11(8-10)19-2/h3-9H,1-2H3,(H,16,17)(H2,14,15,18)/b7-6+. The highest BCUT2D eigenvalue weighted by Gasteiger charge is 2.12. The Kier molecular flexibility index (Phi) is 5.40. The van der Waals surface area contributed by atoms with Gasteiger partial charge in [0.1, 0.15) is 11.8 Å². The Hall–Kier alpha value is -2.50. The van der Waals surface area contributed by atoms with Crippen LogP contribution in [-0.4, -0.2) is 30.3 Å². The van der Waals surface area contributed by atoms with E-state index in [9.17, 15) is 9.59 Å². The number of hydrogen-bond acceptors (Lipinski definition) is 3. The number of carbonyl (C=O) groups excluding carboxylic acids is 1. The quantitative estimate of drug-likeness (QED) is 0.751. The summed E-state index contributed by atoms with van der Waals surface area (Å²) in [7, 11) is 1.57. The third kappa shape index (κ3) is 5.12. The number of aliphatic carboxylic acids is 1. The fourth-order valence-corrected chi connectivity index (χ4v) is 1.26. The molecule has 0 saturated heterocycles. The second-order valence-corrected chi connectivity index (χ2v) is 3.79. The number of methoxy groups -OCH3 is 1. The molecule has 0 aliphatic carbocycles. The van der Waals surface area contributed by atoms with E-state index in [4.69, 9.17) is 9.84 Å². The molecule has 1 unspecified atom stereocenters. The lowest BCUT2D eigenvalue weighted by molar-refractivity contribution is -0.138. The zero-order chi connectivity index (χ0) is 14.3. The van der Waals surface area contributed by atoms with Crippen LogP contribution in [0.3, 0.4) is 0 Å². The second-order valence-electron chi connectivity index (χ2n) is 3.79. The van der Waals surface area contributed by atoms with Crippen LogP contribution < -0.4 is 15.4 Å². The molecule has 1 atom stereocenters. The zero-order valence-corrected chi connectivity index (χ0v) is 10.7. The van der Waals surface area contributed by atoms with Gasteiger partial charge in [-0.15, -0.1) is 0 Å². The normalized spacial score (nSPS) is 11.9. The maximum absolute atomic E-state index is 11.3. The van der Waals surface area contributed by atoms with Crippen molar-refractivity contribution in [2.24, 2.45) is 0 Å². The first-order chi connectivity index (χ1) is 9.02. The number of rotatable bonds is 5. The van der Waals surface area contributed by atoms with Crippen LogP contribution in [0, 0.1) is 0 Å². The van der Waals surface area contributed by atoms with Crippen molar-refractivity contribution in [2.75, 3.05) is 7.11 Å². The molecule has 0 fully saturated rings. The van der Waals surface area contributed by atoms with Crippen LogP contribution in [0.1, 0.15) is 12.5 Å². The van der Waals surface area contributed by atoms with Crippen LogP contribution in [0.25, 0.3) is 6.08 Å². The van der Waals surface area contributed by atoms with Gasteiger partial charge in [-0.2, -0.15) is 0 Å². The molecule has 0 spiro atoms. The number of amides is 2. The fourth-order valence-electron chi connectivity index (χ4n) is 1.26. The fraction of sp³-hybridized carbons (Fsp3) is 0.231. The van der Waals surface area contributed by atoms with E-state index in [0.717, 1.165) is 5.56 Å². The monoisotopic (exact) mass is 264 g/mol. The van der Waals surface area contributed by atoms with Crippen LogP contribution in [0.2, 0.25) is 0 Å². The molecule has 0 bridgehead atoms. The van der Waals surface area contributed by atoms with E-state index < -0.39 is 18.0 Å². The number of ether oxygens (including phenoxy) is 1. The van der Waals surface area contributed by atoms with Crippen LogP contribution >= 0.6 is 0 Å². The third-order valence-corrected chi connectivity index (χ3v) is 2.30. The highest BCUT2D eigenvalue weighted by Crippen LogP contribution is 2.13. The summed E-state index contributed by atoms with van der Waals surface area (Å²) in [5, 5.41) is 13.3. The van der Waals surface area contributed by atoms with Crippen molar-refractivity contribution < 1.29 is 19.4 Å². The van der Waals surface area contributed by atoms with Crippen molar-refractivity contribution in [1.29, 1.82) is 0 Å². The van der Waals surface area contributed by atoms with Gasteiger partial charge in [-0.3, -0.25) is 4.79 Å². The van der Waals surface area contributed by atoms with E-state index in [0.29, 0.717) is 5.75 Å². The molecule has 1 rings (SSSR count). The number of carboxylic acid groups (broad SMARTS) is 1. The molecule has 2 amide bonds. The van der Waals surface area contributed by atoms with E-state index >= 15 is 0 Å². The minimum Gasteiger partial charge on any atom is -0.497 e. The molecule has 0 saturated carbocycles.